The first-order valence-electron chi connectivity index (χ1n) is 8.69. The molecule has 2 atom stereocenters. The molecule has 0 aromatic heterocycles. The van der Waals surface area contributed by atoms with Crippen molar-refractivity contribution in [3.05, 3.63) is 0 Å². The Labute approximate surface area is 135 Å². The third-order valence-corrected chi connectivity index (χ3v) is 5.44. The molecule has 1 aliphatic heterocycles. The Morgan fingerprint density at radius 2 is 1.82 bits per heavy atom. The van der Waals surface area contributed by atoms with Gasteiger partial charge in [-0.05, 0) is 69.4 Å². The highest BCUT2D eigenvalue weighted by molar-refractivity contribution is 5.79. The molecule has 0 aromatic carbocycles. The molecule has 0 spiro atoms. The SMILES string of the molecule is CC(C)(C)C1CCCN(CC(=O)NC(C)(C#N)C2CC2)CC1. The van der Waals surface area contributed by atoms with E-state index in [0.717, 1.165) is 44.7 Å². The van der Waals surface area contributed by atoms with E-state index >= 15 is 0 Å². The van der Waals surface area contributed by atoms with Crippen LogP contribution in [0.3, 0.4) is 0 Å². The zero-order valence-corrected chi connectivity index (χ0v) is 14.6. The fraction of sp³-hybridized carbons (Fsp3) is 0.889. The Morgan fingerprint density at radius 3 is 2.36 bits per heavy atom. The van der Waals surface area contributed by atoms with E-state index in [-0.39, 0.29) is 5.91 Å². The largest absolute Gasteiger partial charge is 0.337 e. The van der Waals surface area contributed by atoms with Gasteiger partial charge in [0.1, 0.15) is 5.54 Å². The van der Waals surface area contributed by atoms with Crippen molar-refractivity contribution in [3.8, 4) is 6.07 Å². The van der Waals surface area contributed by atoms with Gasteiger partial charge in [0.05, 0.1) is 12.6 Å². The van der Waals surface area contributed by atoms with Crippen LogP contribution < -0.4 is 5.32 Å². The minimum Gasteiger partial charge on any atom is -0.337 e. The molecule has 124 valence electrons. The number of likely N-dealkylation sites (tertiary alicyclic amines) is 1. The summed E-state index contributed by atoms with van der Waals surface area (Å²) in [4.78, 5) is 14.6. The van der Waals surface area contributed by atoms with Crippen molar-refractivity contribution in [2.45, 2.75) is 65.3 Å². The van der Waals surface area contributed by atoms with Crippen molar-refractivity contribution in [1.82, 2.24) is 10.2 Å². The molecule has 1 heterocycles. The van der Waals surface area contributed by atoms with Crippen LogP contribution in [0.2, 0.25) is 0 Å². The van der Waals surface area contributed by atoms with E-state index in [0.29, 0.717) is 17.9 Å². The van der Waals surface area contributed by atoms with Gasteiger partial charge in [0.25, 0.3) is 0 Å². The van der Waals surface area contributed by atoms with E-state index in [4.69, 9.17) is 0 Å². The van der Waals surface area contributed by atoms with Crippen LogP contribution in [0.4, 0.5) is 0 Å². The maximum absolute atomic E-state index is 12.3. The third kappa shape index (κ3) is 4.46. The van der Waals surface area contributed by atoms with Gasteiger partial charge in [0.15, 0.2) is 0 Å². The molecule has 1 N–H and O–H groups in total. The first-order valence-corrected chi connectivity index (χ1v) is 8.69. The lowest BCUT2D eigenvalue weighted by atomic mass is 9.77. The number of carbonyl (C=O) groups is 1. The van der Waals surface area contributed by atoms with Crippen molar-refractivity contribution in [1.29, 1.82) is 5.26 Å². The van der Waals surface area contributed by atoms with Crippen LogP contribution in [0.15, 0.2) is 0 Å². The summed E-state index contributed by atoms with van der Waals surface area (Å²) in [7, 11) is 0. The summed E-state index contributed by atoms with van der Waals surface area (Å²) in [6.45, 7) is 11.2. The number of amides is 1. The lowest BCUT2D eigenvalue weighted by Gasteiger charge is -2.30. The van der Waals surface area contributed by atoms with E-state index in [1.165, 1.54) is 6.42 Å². The number of nitriles is 1. The average Bonchev–Trinajstić information content (AvgIpc) is 3.24. The highest BCUT2D eigenvalue weighted by Crippen LogP contribution is 2.39. The Hall–Kier alpha value is -1.08. The molecule has 4 heteroatoms. The van der Waals surface area contributed by atoms with Gasteiger partial charge in [-0.2, -0.15) is 5.26 Å². The van der Waals surface area contributed by atoms with E-state index < -0.39 is 5.54 Å². The Balaban J connectivity index is 1.83. The van der Waals surface area contributed by atoms with Crippen LogP contribution in [0, 0.1) is 28.6 Å². The topological polar surface area (TPSA) is 56.1 Å². The fourth-order valence-corrected chi connectivity index (χ4v) is 3.59. The summed E-state index contributed by atoms with van der Waals surface area (Å²) < 4.78 is 0. The molecule has 1 saturated heterocycles. The second-order valence-electron chi connectivity index (χ2n) is 8.41. The number of nitrogens with one attached hydrogen (secondary N) is 1. The van der Waals surface area contributed by atoms with Crippen molar-refractivity contribution >= 4 is 5.91 Å². The molecular weight excluding hydrogens is 274 g/mol. The van der Waals surface area contributed by atoms with Crippen LogP contribution in [0.1, 0.15) is 59.8 Å². The van der Waals surface area contributed by atoms with Gasteiger partial charge in [0.2, 0.25) is 5.91 Å². The maximum Gasteiger partial charge on any atom is 0.235 e. The van der Waals surface area contributed by atoms with Crippen molar-refractivity contribution < 1.29 is 4.79 Å². The smallest absolute Gasteiger partial charge is 0.235 e. The Kier molecular flexibility index (Phi) is 5.17. The number of hydrogen-bond acceptors (Lipinski definition) is 3. The molecule has 1 saturated carbocycles. The first kappa shape index (κ1) is 17.3. The molecule has 1 amide bonds. The van der Waals surface area contributed by atoms with Crippen LogP contribution in [0.5, 0.6) is 0 Å². The molecule has 2 rings (SSSR count). The Morgan fingerprint density at radius 1 is 1.14 bits per heavy atom. The molecule has 1 aliphatic carbocycles. The number of hydrogen-bond donors (Lipinski definition) is 1. The average molecular weight is 305 g/mol. The molecule has 4 nitrogen and oxygen atoms in total. The minimum absolute atomic E-state index is 0.00478. The highest BCUT2D eigenvalue weighted by atomic mass is 16.2. The lowest BCUT2D eigenvalue weighted by Crippen LogP contribution is -2.50. The minimum atomic E-state index is -0.670. The van der Waals surface area contributed by atoms with Crippen LogP contribution in [-0.4, -0.2) is 36.0 Å². The van der Waals surface area contributed by atoms with Gasteiger partial charge < -0.3 is 5.32 Å². The predicted molar refractivity (Wildman–Crippen MR) is 88.1 cm³/mol. The second kappa shape index (κ2) is 6.58. The summed E-state index contributed by atoms with van der Waals surface area (Å²) in [5, 5.41) is 12.3. The van der Waals surface area contributed by atoms with Crippen molar-refractivity contribution in [3.63, 3.8) is 0 Å². The van der Waals surface area contributed by atoms with Gasteiger partial charge in [-0.3, -0.25) is 9.69 Å². The predicted octanol–water partition coefficient (Wildman–Crippen LogP) is 2.94. The van der Waals surface area contributed by atoms with Gasteiger partial charge in [-0.1, -0.05) is 20.8 Å². The van der Waals surface area contributed by atoms with Gasteiger partial charge in [-0.25, -0.2) is 0 Å². The molecule has 2 fully saturated rings. The van der Waals surface area contributed by atoms with Crippen molar-refractivity contribution in [2.24, 2.45) is 17.3 Å². The van der Waals surface area contributed by atoms with E-state index in [1.807, 2.05) is 6.92 Å². The molecule has 2 aliphatic rings. The summed E-state index contributed by atoms with van der Waals surface area (Å²) >= 11 is 0. The molecule has 0 radical (unpaired) electrons. The zero-order valence-electron chi connectivity index (χ0n) is 14.6. The van der Waals surface area contributed by atoms with E-state index in [1.54, 1.807) is 0 Å². The molecule has 22 heavy (non-hydrogen) atoms. The van der Waals surface area contributed by atoms with Crippen LogP contribution in [-0.2, 0) is 4.79 Å². The number of carbonyl (C=O) groups excluding carboxylic acids is 1. The third-order valence-electron chi connectivity index (χ3n) is 5.44. The van der Waals surface area contributed by atoms with Gasteiger partial charge in [-0.15, -0.1) is 0 Å². The molecule has 0 aromatic rings. The number of rotatable bonds is 4. The number of nitrogens with zero attached hydrogens (tertiary/aromatic N) is 2. The monoisotopic (exact) mass is 305 g/mol. The normalized spacial score (nSPS) is 26.6. The van der Waals surface area contributed by atoms with Crippen molar-refractivity contribution in [2.75, 3.05) is 19.6 Å². The van der Waals surface area contributed by atoms with E-state index in [2.05, 4.69) is 37.1 Å². The maximum atomic E-state index is 12.3. The fourth-order valence-electron chi connectivity index (χ4n) is 3.59. The van der Waals surface area contributed by atoms with Crippen LogP contribution in [0.25, 0.3) is 0 Å². The van der Waals surface area contributed by atoms with Gasteiger partial charge in [0, 0.05) is 0 Å². The summed E-state index contributed by atoms with van der Waals surface area (Å²) in [6.07, 6.45) is 5.69. The summed E-state index contributed by atoms with van der Waals surface area (Å²) in [6, 6.07) is 2.30. The molecular formula is C18H31N3O. The van der Waals surface area contributed by atoms with Gasteiger partial charge >= 0.3 is 0 Å². The molecule has 2 unspecified atom stereocenters. The van der Waals surface area contributed by atoms with E-state index in [9.17, 15) is 10.1 Å². The Bertz CT molecular complexity index is 444. The lowest BCUT2D eigenvalue weighted by molar-refractivity contribution is -0.123. The standard InChI is InChI=1S/C18H31N3O/c1-17(2,3)14-6-5-10-21(11-9-14)12-16(22)20-18(4,13-19)15-7-8-15/h14-15H,5-12H2,1-4H3,(H,20,22). The van der Waals surface area contributed by atoms with Crippen LogP contribution >= 0.6 is 0 Å². The summed E-state index contributed by atoms with van der Waals surface area (Å²) in [5.74, 6) is 1.08. The highest BCUT2D eigenvalue weighted by Gasteiger charge is 2.43. The molecule has 0 bridgehead atoms. The second-order valence-corrected chi connectivity index (χ2v) is 8.41. The quantitative estimate of drug-likeness (QED) is 0.869. The first-order chi connectivity index (χ1) is 10.2. The summed E-state index contributed by atoms with van der Waals surface area (Å²) in [5.41, 5.74) is -0.319. The zero-order chi connectivity index (χ0) is 16.4.